The van der Waals surface area contributed by atoms with Gasteiger partial charge in [0.15, 0.2) is 0 Å². The summed E-state index contributed by atoms with van der Waals surface area (Å²) in [6, 6.07) is 17.8. The maximum Gasteiger partial charge on any atom is 0.252 e. The number of rotatable bonds is 5. The highest BCUT2D eigenvalue weighted by atomic mass is 16.5. The van der Waals surface area contributed by atoms with E-state index in [-0.39, 0.29) is 18.0 Å². The molecule has 0 spiro atoms. The highest BCUT2D eigenvalue weighted by molar-refractivity contribution is 6.07. The molecule has 1 aromatic heterocycles. The molecule has 2 atom stereocenters. The fourth-order valence-electron chi connectivity index (χ4n) is 3.81. The molecule has 3 aromatic rings. The molecule has 0 saturated heterocycles. The summed E-state index contributed by atoms with van der Waals surface area (Å²) in [5.74, 6) is 0.757. The number of nitrogens with one attached hydrogen (secondary N) is 1. The quantitative estimate of drug-likeness (QED) is 0.709. The van der Waals surface area contributed by atoms with E-state index in [2.05, 4.69) is 5.32 Å². The number of carbonyl (C=O) groups excluding carboxylic acids is 1. The van der Waals surface area contributed by atoms with Crippen LogP contribution in [-0.4, -0.2) is 29.6 Å². The number of ether oxygens (including phenoxy) is 1. The van der Waals surface area contributed by atoms with Gasteiger partial charge in [-0.1, -0.05) is 18.2 Å². The van der Waals surface area contributed by atoms with Crippen molar-refractivity contribution in [1.29, 1.82) is 0 Å². The van der Waals surface area contributed by atoms with Crippen molar-refractivity contribution >= 4 is 16.8 Å². The molecule has 5 nitrogen and oxygen atoms in total. The summed E-state index contributed by atoms with van der Waals surface area (Å²) in [5.41, 5.74) is 9.17. The van der Waals surface area contributed by atoms with Crippen LogP contribution in [0.25, 0.3) is 22.2 Å². The Morgan fingerprint density at radius 2 is 1.96 bits per heavy atom. The van der Waals surface area contributed by atoms with Crippen molar-refractivity contribution in [3.05, 3.63) is 60.2 Å². The van der Waals surface area contributed by atoms with Crippen molar-refractivity contribution < 1.29 is 9.53 Å². The van der Waals surface area contributed by atoms with Gasteiger partial charge in [-0.25, -0.2) is 4.98 Å². The molecule has 1 heterocycles. The minimum Gasteiger partial charge on any atom is -0.494 e. The number of aromatic nitrogens is 1. The van der Waals surface area contributed by atoms with Gasteiger partial charge in [0, 0.05) is 23.0 Å². The van der Waals surface area contributed by atoms with Crippen LogP contribution < -0.4 is 15.8 Å². The van der Waals surface area contributed by atoms with Crippen LogP contribution in [0.5, 0.6) is 5.75 Å². The maximum absolute atomic E-state index is 13.0. The number of nitrogens with zero attached hydrogens (tertiary/aromatic N) is 1. The third-order valence-corrected chi connectivity index (χ3v) is 5.23. The maximum atomic E-state index is 13.0. The summed E-state index contributed by atoms with van der Waals surface area (Å²) < 4.78 is 5.52. The number of pyridine rings is 1. The predicted molar refractivity (Wildman–Crippen MR) is 111 cm³/mol. The molecule has 144 valence electrons. The third-order valence-electron chi connectivity index (χ3n) is 5.23. The lowest BCUT2D eigenvalue weighted by atomic mass is 10.0. The molecule has 1 aliphatic rings. The lowest BCUT2D eigenvalue weighted by molar-refractivity contribution is 0.0939. The van der Waals surface area contributed by atoms with E-state index >= 15 is 0 Å². The SMILES string of the molecule is CCOc1ccc(-c2cc(C(=O)N[C@H]3CC[C@@H](N)C3)c3ccccc3n2)cc1. The number of carbonyl (C=O) groups is 1. The van der Waals surface area contributed by atoms with Crippen LogP contribution in [0, 0.1) is 0 Å². The zero-order valence-electron chi connectivity index (χ0n) is 16.0. The number of benzene rings is 2. The van der Waals surface area contributed by atoms with Gasteiger partial charge in [0.05, 0.1) is 23.4 Å². The van der Waals surface area contributed by atoms with E-state index in [1.54, 1.807) is 0 Å². The highest BCUT2D eigenvalue weighted by Crippen LogP contribution is 2.27. The van der Waals surface area contributed by atoms with E-state index in [9.17, 15) is 4.79 Å². The molecule has 4 rings (SSSR count). The topological polar surface area (TPSA) is 77.2 Å². The molecule has 2 aromatic carbocycles. The Balaban J connectivity index is 1.69. The summed E-state index contributed by atoms with van der Waals surface area (Å²) in [5, 5.41) is 4.01. The molecule has 1 aliphatic carbocycles. The van der Waals surface area contributed by atoms with Crippen LogP contribution in [0.1, 0.15) is 36.5 Å². The molecule has 5 heteroatoms. The number of fused-ring (bicyclic) bond motifs is 1. The third kappa shape index (κ3) is 3.85. The van der Waals surface area contributed by atoms with Crippen molar-refractivity contribution in [3.63, 3.8) is 0 Å². The molecular weight excluding hydrogens is 350 g/mol. The first-order valence-corrected chi connectivity index (χ1v) is 9.83. The summed E-state index contributed by atoms with van der Waals surface area (Å²) in [7, 11) is 0. The Morgan fingerprint density at radius 1 is 1.18 bits per heavy atom. The number of amides is 1. The highest BCUT2D eigenvalue weighted by Gasteiger charge is 2.24. The molecule has 3 N–H and O–H groups in total. The van der Waals surface area contributed by atoms with Crippen molar-refractivity contribution in [3.8, 4) is 17.0 Å². The molecule has 28 heavy (non-hydrogen) atoms. The Hall–Kier alpha value is -2.92. The van der Waals surface area contributed by atoms with Crippen LogP contribution in [0.4, 0.5) is 0 Å². The second-order valence-electron chi connectivity index (χ2n) is 7.27. The van der Waals surface area contributed by atoms with Gasteiger partial charge in [-0.2, -0.15) is 0 Å². The molecule has 0 unspecified atom stereocenters. The second-order valence-corrected chi connectivity index (χ2v) is 7.27. The first kappa shape index (κ1) is 18.4. The Morgan fingerprint density at radius 3 is 2.68 bits per heavy atom. The smallest absolute Gasteiger partial charge is 0.252 e. The number of hydrogen-bond acceptors (Lipinski definition) is 4. The largest absolute Gasteiger partial charge is 0.494 e. The van der Waals surface area contributed by atoms with Crippen LogP contribution in [-0.2, 0) is 0 Å². The Bertz CT molecular complexity index is 985. The lowest BCUT2D eigenvalue weighted by Gasteiger charge is -2.15. The zero-order chi connectivity index (χ0) is 19.5. The minimum atomic E-state index is -0.0649. The van der Waals surface area contributed by atoms with Crippen molar-refractivity contribution in [1.82, 2.24) is 10.3 Å². The van der Waals surface area contributed by atoms with Crippen LogP contribution in [0.15, 0.2) is 54.6 Å². The molecule has 1 saturated carbocycles. The van der Waals surface area contributed by atoms with E-state index in [0.717, 1.165) is 47.2 Å². The van der Waals surface area contributed by atoms with E-state index in [1.807, 2.05) is 61.5 Å². The van der Waals surface area contributed by atoms with Gasteiger partial charge in [-0.05, 0) is 62.6 Å². The van der Waals surface area contributed by atoms with Gasteiger partial charge in [0.25, 0.3) is 5.91 Å². The first-order chi connectivity index (χ1) is 13.6. The minimum absolute atomic E-state index is 0.0649. The van der Waals surface area contributed by atoms with Crippen molar-refractivity contribution in [2.24, 2.45) is 5.73 Å². The lowest BCUT2D eigenvalue weighted by Crippen LogP contribution is -2.34. The second kappa shape index (κ2) is 7.98. The van der Waals surface area contributed by atoms with Crippen LogP contribution >= 0.6 is 0 Å². The number of nitrogens with two attached hydrogens (primary N) is 1. The van der Waals surface area contributed by atoms with Gasteiger partial charge >= 0.3 is 0 Å². The molecular formula is C23H25N3O2. The van der Waals surface area contributed by atoms with Crippen molar-refractivity contribution in [2.75, 3.05) is 6.61 Å². The van der Waals surface area contributed by atoms with E-state index in [0.29, 0.717) is 12.2 Å². The van der Waals surface area contributed by atoms with Crippen LogP contribution in [0.2, 0.25) is 0 Å². The fourth-order valence-corrected chi connectivity index (χ4v) is 3.81. The summed E-state index contributed by atoms with van der Waals surface area (Å²) in [4.78, 5) is 17.8. The standard InChI is InChI=1S/C23H25N3O2/c1-2-28-18-11-7-15(8-12-18)22-14-20(19-5-3-4-6-21(19)26-22)23(27)25-17-10-9-16(24)13-17/h3-8,11-12,14,16-17H,2,9-10,13,24H2,1H3,(H,25,27)/t16-,17+/m1/s1. The predicted octanol–water partition coefficient (Wildman–Crippen LogP) is 3.91. The summed E-state index contributed by atoms with van der Waals surface area (Å²) in [6.07, 6.45) is 2.72. The Kier molecular flexibility index (Phi) is 5.26. The van der Waals surface area contributed by atoms with E-state index < -0.39 is 0 Å². The van der Waals surface area contributed by atoms with Gasteiger partial charge in [0.1, 0.15) is 5.75 Å². The summed E-state index contributed by atoms with van der Waals surface area (Å²) >= 11 is 0. The molecule has 0 bridgehead atoms. The number of hydrogen-bond donors (Lipinski definition) is 2. The number of para-hydroxylation sites is 1. The fraction of sp³-hybridized carbons (Fsp3) is 0.304. The van der Waals surface area contributed by atoms with Gasteiger partial charge in [-0.3, -0.25) is 4.79 Å². The average Bonchev–Trinajstić information content (AvgIpc) is 3.12. The summed E-state index contributed by atoms with van der Waals surface area (Å²) in [6.45, 7) is 2.59. The first-order valence-electron chi connectivity index (χ1n) is 9.83. The monoisotopic (exact) mass is 375 g/mol. The molecule has 0 aliphatic heterocycles. The van der Waals surface area contributed by atoms with Crippen LogP contribution in [0.3, 0.4) is 0 Å². The van der Waals surface area contributed by atoms with Crippen molar-refractivity contribution in [2.45, 2.75) is 38.3 Å². The molecule has 1 amide bonds. The van der Waals surface area contributed by atoms with E-state index in [4.69, 9.17) is 15.5 Å². The Labute approximate surface area is 164 Å². The molecule has 1 fully saturated rings. The zero-order valence-corrected chi connectivity index (χ0v) is 16.0. The normalized spacial score (nSPS) is 18.9. The van der Waals surface area contributed by atoms with Gasteiger partial charge < -0.3 is 15.8 Å². The molecule has 0 radical (unpaired) electrons. The average molecular weight is 375 g/mol. The van der Waals surface area contributed by atoms with E-state index in [1.165, 1.54) is 0 Å². The van der Waals surface area contributed by atoms with Gasteiger partial charge in [-0.15, -0.1) is 0 Å². The van der Waals surface area contributed by atoms with Gasteiger partial charge in [0.2, 0.25) is 0 Å².